The predicted octanol–water partition coefficient (Wildman–Crippen LogP) is 1.43. The van der Waals surface area contributed by atoms with Crippen molar-refractivity contribution in [3.63, 3.8) is 0 Å². The van der Waals surface area contributed by atoms with Gasteiger partial charge in [0, 0.05) is 5.69 Å². The number of nitrogen functional groups attached to an aromatic ring is 1. The molecule has 4 heteroatoms. The van der Waals surface area contributed by atoms with Crippen LogP contribution in [-0.4, -0.2) is 23.7 Å². The van der Waals surface area contributed by atoms with Crippen molar-refractivity contribution in [3.8, 4) is 0 Å². The van der Waals surface area contributed by atoms with E-state index in [0.29, 0.717) is 12.1 Å². The fourth-order valence-electron chi connectivity index (χ4n) is 1.67. The Bertz CT molecular complexity index is 395. The fourth-order valence-corrected chi connectivity index (χ4v) is 1.67. The molecule has 1 aromatic rings. The summed E-state index contributed by atoms with van der Waals surface area (Å²) in [6.45, 7) is 5.60. The van der Waals surface area contributed by atoms with Gasteiger partial charge in [-0.1, -0.05) is 19.1 Å². The van der Waals surface area contributed by atoms with Crippen LogP contribution in [0.5, 0.6) is 0 Å². The lowest BCUT2D eigenvalue weighted by atomic mass is 9.83. The van der Waals surface area contributed by atoms with Gasteiger partial charge in [-0.05, 0) is 38.0 Å². The molecule has 4 nitrogen and oxygen atoms in total. The van der Waals surface area contributed by atoms with Crippen LogP contribution in [0.4, 0.5) is 5.69 Å². The smallest absolute Gasteiger partial charge is 0.230 e. The Kier molecular flexibility index (Phi) is 4.73. The van der Waals surface area contributed by atoms with Gasteiger partial charge in [0.15, 0.2) is 0 Å². The van der Waals surface area contributed by atoms with Gasteiger partial charge in [-0.2, -0.15) is 0 Å². The summed E-state index contributed by atoms with van der Waals surface area (Å²) in [4.78, 5) is 12.2. The monoisotopic (exact) mass is 250 g/mol. The minimum Gasteiger partial charge on any atom is -0.399 e. The molecule has 0 fully saturated rings. The molecule has 0 saturated carbocycles. The summed E-state index contributed by atoms with van der Waals surface area (Å²) < 4.78 is 0. The molecule has 0 aliphatic heterocycles. The molecule has 1 atom stereocenters. The average molecular weight is 250 g/mol. The summed E-state index contributed by atoms with van der Waals surface area (Å²) in [7, 11) is 0. The number of hydrogen-bond acceptors (Lipinski definition) is 3. The number of anilines is 1. The van der Waals surface area contributed by atoms with Crippen LogP contribution in [0.1, 0.15) is 32.8 Å². The Hall–Kier alpha value is -1.55. The van der Waals surface area contributed by atoms with Gasteiger partial charge in [0.2, 0.25) is 5.91 Å². The van der Waals surface area contributed by atoms with E-state index in [1.54, 1.807) is 12.1 Å². The Balaban J connectivity index is 2.85. The number of hydrogen-bond donors (Lipinski definition) is 3. The highest BCUT2D eigenvalue weighted by atomic mass is 16.3. The average Bonchev–Trinajstić information content (AvgIpc) is 2.36. The van der Waals surface area contributed by atoms with Crippen molar-refractivity contribution in [1.29, 1.82) is 0 Å². The van der Waals surface area contributed by atoms with Crippen molar-refractivity contribution >= 4 is 11.6 Å². The zero-order valence-electron chi connectivity index (χ0n) is 11.2. The third-order valence-corrected chi connectivity index (χ3v) is 3.25. The lowest BCUT2D eigenvalue weighted by Crippen LogP contribution is -2.46. The SMILES string of the molecule is CC[C@@H](CO)NC(=O)C(C)(C)c1ccc(N)cc1. The van der Waals surface area contributed by atoms with Crippen molar-refractivity contribution < 1.29 is 9.90 Å². The number of amides is 1. The molecule has 18 heavy (non-hydrogen) atoms. The molecular formula is C14H22N2O2. The molecule has 1 amide bonds. The molecule has 0 aromatic heterocycles. The van der Waals surface area contributed by atoms with E-state index in [0.717, 1.165) is 5.56 Å². The van der Waals surface area contributed by atoms with E-state index in [1.165, 1.54) is 0 Å². The first kappa shape index (κ1) is 14.5. The molecule has 100 valence electrons. The quantitative estimate of drug-likeness (QED) is 0.692. The van der Waals surface area contributed by atoms with Crippen LogP contribution in [0.15, 0.2) is 24.3 Å². The van der Waals surface area contributed by atoms with E-state index in [4.69, 9.17) is 10.8 Å². The second-order valence-electron chi connectivity index (χ2n) is 5.01. The van der Waals surface area contributed by atoms with E-state index in [9.17, 15) is 4.79 Å². The molecule has 0 spiro atoms. The number of carbonyl (C=O) groups excluding carboxylic acids is 1. The predicted molar refractivity (Wildman–Crippen MR) is 73.2 cm³/mol. The Morgan fingerprint density at radius 3 is 2.39 bits per heavy atom. The molecule has 1 aromatic carbocycles. The van der Waals surface area contributed by atoms with Gasteiger partial charge < -0.3 is 16.2 Å². The standard InChI is InChI=1S/C14H22N2O2/c1-4-12(9-17)16-13(18)14(2,3)10-5-7-11(15)8-6-10/h5-8,12,17H,4,9,15H2,1-3H3,(H,16,18)/t12-/m0/s1. The summed E-state index contributed by atoms with van der Waals surface area (Å²) in [6, 6.07) is 7.09. The number of benzene rings is 1. The third kappa shape index (κ3) is 3.23. The van der Waals surface area contributed by atoms with Gasteiger partial charge in [0.25, 0.3) is 0 Å². The maximum absolute atomic E-state index is 12.2. The highest BCUT2D eigenvalue weighted by Crippen LogP contribution is 2.24. The van der Waals surface area contributed by atoms with Crippen molar-refractivity contribution in [2.24, 2.45) is 0 Å². The second kappa shape index (κ2) is 5.87. The lowest BCUT2D eigenvalue weighted by Gasteiger charge is -2.27. The highest BCUT2D eigenvalue weighted by Gasteiger charge is 2.30. The molecule has 0 aliphatic carbocycles. The highest BCUT2D eigenvalue weighted by molar-refractivity contribution is 5.87. The maximum atomic E-state index is 12.2. The van der Waals surface area contributed by atoms with Gasteiger partial charge in [-0.15, -0.1) is 0 Å². The molecule has 0 heterocycles. The first-order valence-electron chi connectivity index (χ1n) is 6.19. The number of nitrogens with one attached hydrogen (secondary N) is 1. The summed E-state index contributed by atoms with van der Waals surface area (Å²) in [5.74, 6) is -0.0897. The molecule has 4 N–H and O–H groups in total. The normalized spacial score (nSPS) is 13.1. The maximum Gasteiger partial charge on any atom is 0.230 e. The van der Waals surface area contributed by atoms with Gasteiger partial charge in [-0.25, -0.2) is 0 Å². The van der Waals surface area contributed by atoms with Crippen LogP contribution in [0, 0.1) is 0 Å². The number of carbonyl (C=O) groups is 1. The number of rotatable bonds is 5. The van der Waals surface area contributed by atoms with Crippen molar-refractivity contribution in [2.75, 3.05) is 12.3 Å². The molecular weight excluding hydrogens is 228 g/mol. The largest absolute Gasteiger partial charge is 0.399 e. The molecule has 0 aliphatic rings. The zero-order valence-corrected chi connectivity index (χ0v) is 11.2. The first-order valence-corrected chi connectivity index (χ1v) is 6.19. The van der Waals surface area contributed by atoms with Gasteiger partial charge in [0.1, 0.15) is 0 Å². The van der Waals surface area contributed by atoms with E-state index >= 15 is 0 Å². The minimum absolute atomic E-state index is 0.0416. The van der Waals surface area contributed by atoms with Crippen molar-refractivity contribution in [3.05, 3.63) is 29.8 Å². The van der Waals surface area contributed by atoms with Crippen LogP contribution in [-0.2, 0) is 10.2 Å². The van der Waals surface area contributed by atoms with Crippen molar-refractivity contribution in [1.82, 2.24) is 5.32 Å². The molecule has 0 unspecified atom stereocenters. The van der Waals surface area contributed by atoms with E-state index in [2.05, 4.69) is 5.32 Å². The second-order valence-corrected chi connectivity index (χ2v) is 5.01. The number of aliphatic hydroxyl groups is 1. The Labute approximate surface area is 108 Å². The topological polar surface area (TPSA) is 75.3 Å². The summed E-state index contributed by atoms with van der Waals surface area (Å²) >= 11 is 0. The lowest BCUT2D eigenvalue weighted by molar-refractivity contribution is -0.126. The fraction of sp³-hybridized carbons (Fsp3) is 0.500. The van der Waals surface area contributed by atoms with Crippen LogP contribution in [0.3, 0.4) is 0 Å². The van der Waals surface area contributed by atoms with Crippen LogP contribution in [0.2, 0.25) is 0 Å². The molecule has 0 bridgehead atoms. The van der Waals surface area contributed by atoms with Crippen molar-refractivity contribution in [2.45, 2.75) is 38.6 Å². The van der Waals surface area contributed by atoms with E-state index < -0.39 is 5.41 Å². The summed E-state index contributed by atoms with van der Waals surface area (Å²) in [5, 5.41) is 12.0. The van der Waals surface area contributed by atoms with E-state index in [1.807, 2.05) is 32.9 Å². The first-order chi connectivity index (χ1) is 8.41. The number of aliphatic hydroxyl groups excluding tert-OH is 1. The van der Waals surface area contributed by atoms with Crippen LogP contribution in [0.25, 0.3) is 0 Å². The Morgan fingerprint density at radius 2 is 1.94 bits per heavy atom. The minimum atomic E-state index is -0.643. The summed E-state index contributed by atoms with van der Waals surface area (Å²) in [6.07, 6.45) is 0.708. The third-order valence-electron chi connectivity index (χ3n) is 3.25. The van der Waals surface area contributed by atoms with Gasteiger partial charge in [0.05, 0.1) is 18.1 Å². The van der Waals surface area contributed by atoms with Crippen LogP contribution < -0.4 is 11.1 Å². The summed E-state index contributed by atoms with van der Waals surface area (Å²) in [5.41, 5.74) is 6.58. The Morgan fingerprint density at radius 1 is 1.39 bits per heavy atom. The van der Waals surface area contributed by atoms with Gasteiger partial charge in [-0.3, -0.25) is 4.79 Å². The molecule has 0 radical (unpaired) electrons. The van der Waals surface area contributed by atoms with Gasteiger partial charge >= 0.3 is 0 Å². The molecule has 1 rings (SSSR count). The number of nitrogens with two attached hydrogens (primary N) is 1. The van der Waals surface area contributed by atoms with Crippen LogP contribution >= 0.6 is 0 Å². The zero-order chi connectivity index (χ0) is 13.8. The molecule has 0 saturated heterocycles. The van der Waals surface area contributed by atoms with E-state index in [-0.39, 0.29) is 18.6 Å².